The Hall–Kier alpha value is -1.36. The molecule has 5 heteroatoms. The molecule has 0 saturated heterocycles. The Morgan fingerprint density at radius 3 is 2.68 bits per heavy atom. The number of rotatable bonds is 3. The molecule has 0 radical (unpaired) electrons. The third kappa shape index (κ3) is 7.62. The second kappa shape index (κ2) is 9.55. The largest absolute Gasteiger partial charge is 0.394 e. The molecule has 0 aliphatic carbocycles. The summed E-state index contributed by atoms with van der Waals surface area (Å²) in [4.78, 5) is 18.2. The summed E-state index contributed by atoms with van der Waals surface area (Å²) in [7, 11) is 2.04. The van der Waals surface area contributed by atoms with Crippen molar-refractivity contribution in [3.05, 3.63) is 11.8 Å². The summed E-state index contributed by atoms with van der Waals surface area (Å²) >= 11 is 0. The van der Waals surface area contributed by atoms with Gasteiger partial charge in [0.1, 0.15) is 0 Å². The lowest BCUT2D eigenvalue weighted by atomic mass is 10.2. The van der Waals surface area contributed by atoms with Gasteiger partial charge < -0.3 is 16.0 Å². The number of nitrogens with one attached hydrogen (secondary N) is 1. The molecule has 0 saturated carbocycles. The molecule has 1 aliphatic heterocycles. The number of aliphatic imine (C=N–C) groups is 1. The van der Waals surface area contributed by atoms with Gasteiger partial charge in [-0.25, -0.2) is 0 Å². The first-order valence-corrected chi connectivity index (χ1v) is 6.99. The molecule has 5 nitrogen and oxygen atoms in total. The second-order valence-corrected chi connectivity index (χ2v) is 4.69. The van der Waals surface area contributed by atoms with Gasteiger partial charge in [-0.05, 0) is 33.4 Å². The highest BCUT2D eigenvalue weighted by molar-refractivity contribution is 6.04. The van der Waals surface area contributed by atoms with E-state index >= 15 is 0 Å². The smallest absolute Gasteiger partial charge is 0.267 e. The highest BCUT2D eigenvalue weighted by Gasteiger charge is 2.11. The first-order valence-electron chi connectivity index (χ1n) is 6.99. The van der Waals surface area contributed by atoms with Gasteiger partial charge in [-0.3, -0.25) is 9.79 Å². The number of carbonyl (C=O) groups is 1. The minimum Gasteiger partial charge on any atom is -0.394 e. The SMILES string of the molecule is CC.CC(C)NC(=O)/C(N)=C/C1=NCCCN(C)C1. The van der Waals surface area contributed by atoms with Crippen LogP contribution in [0.4, 0.5) is 0 Å². The van der Waals surface area contributed by atoms with Gasteiger partial charge in [-0.15, -0.1) is 0 Å². The maximum atomic E-state index is 11.6. The standard InChI is InChI=1S/C12H22N4O.C2H6/c1-9(2)15-12(17)11(13)7-10-8-16(3)6-4-5-14-10;1-2/h7,9H,4-6,8,13H2,1-3H3,(H,15,17);1-2H3/b11-7-;. The predicted octanol–water partition coefficient (Wildman–Crippen LogP) is 1.16. The Balaban J connectivity index is 0.00000154. The second-order valence-electron chi connectivity index (χ2n) is 4.69. The van der Waals surface area contributed by atoms with E-state index in [1.165, 1.54) is 0 Å². The van der Waals surface area contributed by atoms with E-state index in [2.05, 4.69) is 15.2 Å². The third-order valence-electron chi connectivity index (χ3n) is 2.45. The van der Waals surface area contributed by atoms with E-state index in [0.717, 1.165) is 31.8 Å². The van der Waals surface area contributed by atoms with Gasteiger partial charge in [-0.1, -0.05) is 13.8 Å². The first kappa shape index (κ1) is 17.6. The monoisotopic (exact) mass is 268 g/mol. The minimum atomic E-state index is -0.227. The molecule has 0 bridgehead atoms. The third-order valence-corrected chi connectivity index (χ3v) is 2.45. The van der Waals surface area contributed by atoms with Crippen LogP contribution in [0, 0.1) is 0 Å². The van der Waals surface area contributed by atoms with Crippen molar-refractivity contribution in [1.82, 2.24) is 10.2 Å². The van der Waals surface area contributed by atoms with Crippen LogP contribution in [-0.4, -0.2) is 49.2 Å². The van der Waals surface area contributed by atoms with Crippen molar-refractivity contribution < 1.29 is 4.79 Å². The van der Waals surface area contributed by atoms with Crippen LogP contribution >= 0.6 is 0 Å². The van der Waals surface area contributed by atoms with E-state index in [9.17, 15) is 4.79 Å². The van der Waals surface area contributed by atoms with Crippen LogP contribution in [0.5, 0.6) is 0 Å². The molecular weight excluding hydrogens is 240 g/mol. The van der Waals surface area contributed by atoms with E-state index in [1.807, 2.05) is 34.7 Å². The van der Waals surface area contributed by atoms with Crippen molar-refractivity contribution in [2.24, 2.45) is 10.7 Å². The lowest BCUT2D eigenvalue weighted by molar-refractivity contribution is -0.118. The molecule has 110 valence electrons. The number of carbonyl (C=O) groups excluding carboxylic acids is 1. The van der Waals surface area contributed by atoms with Crippen molar-refractivity contribution >= 4 is 11.6 Å². The Labute approximate surface area is 117 Å². The molecule has 0 unspecified atom stereocenters. The van der Waals surface area contributed by atoms with Gasteiger partial charge in [0.25, 0.3) is 5.91 Å². The molecule has 0 aromatic carbocycles. The topological polar surface area (TPSA) is 70.7 Å². The van der Waals surface area contributed by atoms with Gasteiger partial charge in [0, 0.05) is 25.7 Å². The zero-order valence-electron chi connectivity index (χ0n) is 12.9. The van der Waals surface area contributed by atoms with Gasteiger partial charge in [-0.2, -0.15) is 0 Å². The maximum absolute atomic E-state index is 11.6. The summed E-state index contributed by atoms with van der Waals surface area (Å²) in [5.74, 6) is -0.227. The minimum absolute atomic E-state index is 0.0909. The number of hydrogen-bond donors (Lipinski definition) is 2. The number of hydrogen-bond acceptors (Lipinski definition) is 4. The highest BCUT2D eigenvalue weighted by Crippen LogP contribution is 2.00. The summed E-state index contributed by atoms with van der Waals surface area (Å²) < 4.78 is 0. The molecule has 0 aromatic heterocycles. The van der Waals surface area contributed by atoms with Crippen molar-refractivity contribution in [1.29, 1.82) is 0 Å². The van der Waals surface area contributed by atoms with Crippen molar-refractivity contribution in [2.45, 2.75) is 40.2 Å². The van der Waals surface area contributed by atoms with Crippen molar-refractivity contribution in [3.63, 3.8) is 0 Å². The zero-order valence-corrected chi connectivity index (χ0v) is 12.9. The fraction of sp³-hybridized carbons (Fsp3) is 0.714. The predicted molar refractivity (Wildman–Crippen MR) is 81.3 cm³/mol. The zero-order chi connectivity index (χ0) is 14.8. The first-order chi connectivity index (χ1) is 8.99. The van der Waals surface area contributed by atoms with Gasteiger partial charge >= 0.3 is 0 Å². The molecule has 0 atom stereocenters. The lowest BCUT2D eigenvalue weighted by Crippen LogP contribution is -2.34. The molecule has 0 aromatic rings. The normalized spacial score (nSPS) is 17.2. The van der Waals surface area contributed by atoms with Crippen LogP contribution in [0.1, 0.15) is 34.1 Å². The Bertz CT molecular complexity index is 334. The number of nitrogens with two attached hydrogens (primary N) is 1. The highest BCUT2D eigenvalue weighted by atomic mass is 16.2. The molecule has 0 spiro atoms. The molecule has 1 amide bonds. The maximum Gasteiger partial charge on any atom is 0.267 e. The fourth-order valence-electron chi connectivity index (χ4n) is 1.65. The van der Waals surface area contributed by atoms with Gasteiger partial charge in [0.15, 0.2) is 0 Å². The fourth-order valence-corrected chi connectivity index (χ4v) is 1.65. The van der Waals surface area contributed by atoms with E-state index in [4.69, 9.17) is 5.73 Å². The lowest BCUT2D eigenvalue weighted by Gasteiger charge is -2.13. The van der Waals surface area contributed by atoms with E-state index in [1.54, 1.807) is 6.08 Å². The quantitative estimate of drug-likeness (QED) is 0.755. The van der Waals surface area contributed by atoms with E-state index in [0.29, 0.717) is 0 Å². The van der Waals surface area contributed by atoms with E-state index in [-0.39, 0.29) is 17.6 Å². The van der Waals surface area contributed by atoms with Gasteiger partial charge in [0.2, 0.25) is 0 Å². The molecule has 1 heterocycles. The Morgan fingerprint density at radius 1 is 1.47 bits per heavy atom. The van der Waals surface area contributed by atoms with Gasteiger partial charge in [0.05, 0.1) is 11.4 Å². The molecule has 0 fully saturated rings. The average molecular weight is 268 g/mol. The number of nitrogens with zero attached hydrogens (tertiary/aromatic N) is 2. The molecule has 1 aliphatic rings. The number of amides is 1. The van der Waals surface area contributed by atoms with Crippen molar-refractivity contribution in [2.75, 3.05) is 26.7 Å². The molecule has 19 heavy (non-hydrogen) atoms. The average Bonchev–Trinajstić information content (AvgIpc) is 2.55. The summed E-state index contributed by atoms with van der Waals surface area (Å²) in [6.45, 7) is 10.4. The Morgan fingerprint density at radius 2 is 2.11 bits per heavy atom. The summed E-state index contributed by atoms with van der Waals surface area (Å²) in [5, 5.41) is 2.76. The van der Waals surface area contributed by atoms with Crippen molar-refractivity contribution in [3.8, 4) is 0 Å². The summed E-state index contributed by atoms with van der Waals surface area (Å²) in [6, 6.07) is 0.0909. The molecule has 3 N–H and O–H groups in total. The van der Waals surface area contributed by atoms with Crippen LogP contribution in [0.25, 0.3) is 0 Å². The van der Waals surface area contributed by atoms with Crippen LogP contribution in [-0.2, 0) is 4.79 Å². The Kier molecular flexibility index (Phi) is 8.87. The van der Waals surface area contributed by atoms with E-state index < -0.39 is 0 Å². The molecule has 1 rings (SSSR count). The molecular formula is C14H28N4O. The summed E-state index contributed by atoms with van der Waals surface area (Å²) in [6.07, 6.45) is 2.73. The van der Waals surface area contributed by atoms with Crippen LogP contribution < -0.4 is 11.1 Å². The van der Waals surface area contributed by atoms with Crippen LogP contribution in [0.15, 0.2) is 16.8 Å². The van der Waals surface area contributed by atoms with Crippen LogP contribution in [0.3, 0.4) is 0 Å². The van der Waals surface area contributed by atoms with Crippen LogP contribution in [0.2, 0.25) is 0 Å². The summed E-state index contributed by atoms with van der Waals surface area (Å²) in [5.41, 5.74) is 6.85.